The maximum Gasteiger partial charge on any atom is 0.176 e. The number of aromatic amines is 1. The number of aryl methyl sites for hydroxylation is 1. The Kier molecular flexibility index (Phi) is 5.40. The summed E-state index contributed by atoms with van der Waals surface area (Å²) >= 11 is 1.54. The Morgan fingerprint density at radius 1 is 1.16 bits per heavy atom. The van der Waals surface area contributed by atoms with Gasteiger partial charge in [-0.2, -0.15) is 5.10 Å². The molecule has 0 aliphatic heterocycles. The van der Waals surface area contributed by atoms with Gasteiger partial charge < -0.3 is 10.1 Å². The van der Waals surface area contributed by atoms with Gasteiger partial charge in [-0.05, 0) is 36.9 Å². The Morgan fingerprint density at radius 2 is 1.92 bits per heavy atom. The topological polar surface area (TPSA) is 62.3 Å². The van der Waals surface area contributed by atoms with Crippen LogP contribution in [-0.2, 0) is 0 Å². The van der Waals surface area contributed by atoms with Crippen LogP contribution in [0.1, 0.15) is 5.56 Å². The van der Waals surface area contributed by atoms with Gasteiger partial charge in [0.15, 0.2) is 11.0 Å². The molecule has 0 saturated heterocycles. The molecule has 0 unspecified atom stereocenters. The van der Waals surface area contributed by atoms with E-state index in [1.165, 1.54) is 5.56 Å². The minimum Gasteiger partial charge on any atom is -0.496 e. The van der Waals surface area contributed by atoms with Gasteiger partial charge in [0.1, 0.15) is 5.75 Å². The summed E-state index contributed by atoms with van der Waals surface area (Å²) < 4.78 is 5.40. The summed E-state index contributed by atoms with van der Waals surface area (Å²) in [5, 5.41) is 11.5. The number of aliphatic imine (C=N–C) groups is 1. The summed E-state index contributed by atoms with van der Waals surface area (Å²) in [6, 6.07) is 17.8. The first-order valence-corrected chi connectivity index (χ1v) is 9.08. The number of anilines is 1. The van der Waals surface area contributed by atoms with E-state index in [0.717, 1.165) is 27.9 Å². The monoisotopic (exact) mass is 352 g/mol. The number of nitrogens with one attached hydrogen (secondary N) is 2. The van der Waals surface area contributed by atoms with Crippen LogP contribution >= 0.6 is 11.8 Å². The highest BCUT2D eigenvalue weighted by atomic mass is 32.2. The molecular weight excluding hydrogens is 332 g/mol. The number of ether oxygens (including phenoxy) is 1. The van der Waals surface area contributed by atoms with Crippen LogP contribution in [-0.4, -0.2) is 28.7 Å². The van der Waals surface area contributed by atoms with Crippen molar-refractivity contribution in [2.75, 3.05) is 18.7 Å². The Hall–Kier alpha value is -2.73. The van der Waals surface area contributed by atoms with Crippen LogP contribution in [0.25, 0.3) is 11.3 Å². The number of hydrogen-bond acceptors (Lipinski definition) is 4. The fourth-order valence-corrected chi connectivity index (χ4v) is 2.83. The number of benzene rings is 2. The number of H-pyrrole nitrogens is 1. The van der Waals surface area contributed by atoms with Crippen molar-refractivity contribution in [3.05, 3.63) is 60.2 Å². The lowest BCUT2D eigenvalue weighted by Crippen LogP contribution is -2.07. The Morgan fingerprint density at radius 3 is 2.68 bits per heavy atom. The van der Waals surface area contributed by atoms with E-state index < -0.39 is 0 Å². The minimum atomic E-state index is 0.617. The predicted molar refractivity (Wildman–Crippen MR) is 106 cm³/mol. The second-order valence-electron chi connectivity index (χ2n) is 5.40. The van der Waals surface area contributed by atoms with E-state index in [9.17, 15) is 0 Å². The summed E-state index contributed by atoms with van der Waals surface area (Å²) in [6.45, 7) is 2.06. The molecule has 6 heteroatoms. The predicted octanol–water partition coefficient (Wildman–Crippen LogP) is 4.86. The van der Waals surface area contributed by atoms with Gasteiger partial charge in [-0.25, -0.2) is 4.99 Å². The summed E-state index contributed by atoms with van der Waals surface area (Å²) in [4.78, 5) is 4.60. The smallest absolute Gasteiger partial charge is 0.176 e. The average molecular weight is 352 g/mol. The van der Waals surface area contributed by atoms with E-state index in [0.29, 0.717) is 5.82 Å². The zero-order valence-electron chi connectivity index (χ0n) is 14.4. The lowest BCUT2D eigenvalue weighted by atomic mass is 10.1. The molecule has 0 aliphatic rings. The van der Waals surface area contributed by atoms with E-state index in [1.54, 1.807) is 18.9 Å². The van der Waals surface area contributed by atoms with Gasteiger partial charge >= 0.3 is 0 Å². The average Bonchev–Trinajstić information content (AvgIpc) is 3.11. The van der Waals surface area contributed by atoms with Crippen LogP contribution < -0.4 is 10.1 Å². The van der Waals surface area contributed by atoms with E-state index in [-0.39, 0.29) is 0 Å². The minimum absolute atomic E-state index is 0.617. The number of rotatable bonds is 4. The van der Waals surface area contributed by atoms with E-state index >= 15 is 0 Å². The van der Waals surface area contributed by atoms with E-state index in [1.807, 2.05) is 54.8 Å². The van der Waals surface area contributed by atoms with Crippen molar-refractivity contribution in [3.8, 4) is 17.0 Å². The van der Waals surface area contributed by atoms with Crippen molar-refractivity contribution >= 4 is 28.4 Å². The molecule has 25 heavy (non-hydrogen) atoms. The normalized spacial score (nSPS) is 11.4. The number of nitrogens with zero attached hydrogens (tertiary/aromatic N) is 2. The third kappa shape index (κ3) is 4.03. The van der Waals surface area contributed by atoms with Crippen LogP contribution in [0, 0.1) is 6.92 Å². The van der Waals surface area contributed by atoms with Gasteiger partial charge in [-0.1, -0.05) is 42.1 Å². The molecule has 3 rings (SSSR count). The highest BCUT2D eigenvalue weighted by Crippen LogP contribution is 2.30. The largest absolute Gasteiger partial charge is 0.496 e. The van der Waals surface area contributed by atoms with E-state index in [4.69, 9.17) is 4.74 Å². The quantitative estimate of drug-likeness (QED) is 0.520. The maximum atomic E-state index is 5.40. The molecule has 1 heterocycles. The second kappa shape index (κ2) is 7.90. The molecule has 0 aliphatic carbocycles. The van der Waals surface area contributed by atoms with Gasteiger partial charge in [0.2, 0.25) is 0 Å². The molecule has 5 nitrogen and oxygen atoms in total. The summed E-state index contributed by atoms with van der Waals surface area (Å²) in [6.07, 6.45) is 1.98. The summed E-state index contributed by atoms with van der Waals surface area (Å²) in [5.74, 6) is 1.41. The highest BCUT2D eigenvalue weighted by molar-refractivity contribution is 8.13. The SMILES string of the molecule is COc1ccccc1-c1cc(N=C(Nc2ccccc2C)SC)n[nH]1. The molecule has 0 atom stereocenters. The zero-order valence-corrected chi connectivity index (χ0v) is 15.2. The maximum absolute atomic E-state index is 5.40. The molecule has 1 aromatic heterocycles. The van der Waals surface area contributed by atoms with Gasteiger partial charge in [0.25, 0.3) is 0 Å². The number of amidine groups is 1. The molecule has 0 spiro atoms. The van der Waals surface area contributed by atoms with Gasteiger partial charge in [0, 0.05) is 17.3 Å². The lowest BCUT2D eigenvalue weighted by Gasteiger charge is -2.09. The van der Waals surface area contributed by atoms with Crippen LogP contribution in [0.3, 0.4) is 0 Å². The van der Waals surface area contributed by atoms with E-state index in [2.05, 4.69) is 33.5 Å². The number of thioether (sulfide) groups is 1. The number of aromatic nitrogens is 2. The first-order chi connectivity index (χ1) is 12.2. The van der Waals surface area contributed by atoms with Crippen molar-refractivity contribution in [2.45, 2.75) is 6.92 Å². The number of para-hydroxylation sites is 2. The molecule has 2 aromatic carbocycles. The lowest BCUT2D eigenvalue weighted by molar-refractivity contribution is 0.416. The molecular formula is C19H20N4OS. The second-order valence-corrected chi connectivity index (χ2v) is 6.20. The molecule has 3 aromatic rings. The van der Waals surface area contributed by atoms with Gasteiger partial charge in [-0.3, -0.25) is 5.10 Å². The van der Waals surface area contributed by atoms with Crippen molar-refractivity contribution in [1.82, 2.24) is 10.2 Å². The molecule has 0 amide bonds. The number of hydrogen-bond donors (Lipinski definition) is 2. The van der Waals surface area contributed by atoms with Crippen LogP contribution in [0.4, 0.5) is 11.5 Å². The third-order valence-corrected chi connectivity index (χ3v) is 4.34. The van der Waals surface area contributed by atoms with Crippen molar-refractivity contribution < 1.29 is 4.74 Å². The molecule has 2 N–H and O–H groups in total. The van der Waals surface area contributed by atoms with Crippen molar-refractivity contribution in [2.24, 2.45) is 4.99 Å². The fourth-order valence-electron chi connectivity index (χ4n) is 2.43. The molecule has 0 radical (unpaired) electrons. The first-order valence-electron chi connectivity index (χ1n) is 7.85. The summed E-state index contributed by atoms with van der Waals surface area (Å²) in [7, 11) is 1.66. The standard InChI is InChI=1S/C19H20N4OS/c1-13-8-4-6-10-15(13)20-19(25-3)21-18-12-16(22-23-18)14-9-5-7-11-17(14)24-2/h4-12H,1-3H3,(H2,20,21,22,23). The fraction of sp³-hybridized carbons (Fsp3) is 0.158. The van der Waals surface area contributed by atoms with Crippen LogP contribution in [0.15, 0.2) is 59.6 Å². The van der Waals surface area contributed by atoms with Gasteiger partial charge in [-0.15, -0.1) is 0 Å². The van der Waals surface area contributed by atoms with Crippen molar-refractivity contribution in [1.29, 1.82) is 0 Å². The molecule has 0 saturated carbocycles. The Balaban J connectivity index is 1.85. The Labute approximate surface area is 151 Å². The van der Waals surface area contributed by atoms with Crippen LogP contribution in [0.5, 0.6) is 5.75 Å². The molecule has 0 fully saturated rings. The molecule has 0 bridgehead atoms. The summed E-state index contributed by atoms with van der Waals surface area (Å²) in [5.41, 5.74) is 4.03. The highest BCUT2D eigenvalue weighted by Gasteiger charge is 2.09. The zero-order chi connectivity index (χ0) is 17.6. The third-order valence-electron chi connectivity index (χ3n) is 3.76. The first kappa shape index (κ1) is 17.1. The van der Waals surface area contributed by atoms with Crippen LogP contribution in [0.2, 0.25) is 0 Å². The number of methoxy groups -OCH3 is 1. The van der Waals surface area contributed by atoms with Gasteiger partial charge in [0.05, 0.1) is 12.8 Å². The Bertz CT molecular complexity index is 888. The van der Waals surface area contributed by atoms with Crippen molar-refractivity contribution in [3.63, 3.8) is 0 Å². The molecule has 128 valence electrons.